The van der Waals surface area contributed by atoms with Crippen LogP contribution in [0.15, 0.2) is 59.7 Å². The van der Waals surface area contributed by atoms with E-state index in [2.05, 4.69) is 14.5 Å². The summed E-state index contributed by atoms with van der Waals surface area (Å²) < 4.78 is 63.8. The minimum absolute atomic E-state index is 0.290. The molecule has 0 spiro atoms. The number of amides is 2. The van der Waals surface area contributed by atoms with Crippen molar-refractivity contribution in [3.63, 3.8) is 0 Å². The van der Waals surface area contributed by atoms with Crippen molar-refractivity contribution >= 4 is 17.4 Å². The van der Waals surface area contributed by atoms with E-state index in [9.17, 15) is 22.4 Å². The van der Waals surface area contributed by atoms with Crippen LogP contribution in [0.3, 0.4) is 0 Å². The maximum absolute atomic E-state index is 13.6. The van der Waals surface area contributed by atoms with Gasteiger partial charge in [0.1, 0.15) is 0 Å². The van der Waals surface area contributed by atoms with Gasteiger partial charge in [0.05, 0.1) is 5.69 Å². The van der Waals surface area contributed by atoms with Crippen LogP contribution in [-0.4, -0.2) is 34.3 Å². The van der Waals surface area contributed by atoms with Crippen LogP contribution in [0.1, 0.15) is 17.4 Å². The summed E-state index contributed by atoms with van der Waals surface area (Å²) in [6.07, 6.45) is -7.96. The highest BCUT2D eigenvalue weighted by Crippen LogP contribution is 2.47. The summed E-state index contributed by atoms with van der Waals surface area (Å²) in [5.41, 5.74) is 1.24. The maximum Gasteiger partial charge on any atom is 0.507 e. The van der Waals surface area contributed by atoms with Crippen LogP contribution in [-0.2, 0) is 6.54 Å². The molecule has 1 aromatic heterocycles. The first kappa shape index (κ1) is 22.8. The van der Waals surface area contributed by atoms with Crippen molar-refractivity contribution in [2.45, 2.75) is 32.6 Å². The minimum Gasteiger partial charge on any atom is -0.421 e. The molecule has 0 aliphatic carbocycles. The fraction of sp³-hybridized carbons (Fsp3) is 0.273. The first-order valence-corrected chi connectivity index (χ1v) is 10.8. The predicted octanol–water partition coefficient (Wildman–Crippen LogP) is 5.35. The van der Waals surface area contributed by atoms with Crippen LogP contribution in [0.4, 0.5) is 22.4 Å². The standard InChI is InChI=1S/C22H19F4N3O3S/c1-3-28(13-15-7-5-4-6-8-15)19(30)27-20-29(12-14(2)33-20)16-9-10-17-18(11-16)32-22(25,26)21(23,24)31-17/h4-12H,3,13H2,1-2H3. The molecule has 0 atom stereocenters. The lowest BCUT2D eigenvalue weighted by atomic mass is 10.2. The van der Waals surface area contributed by atoms with Crippen molar-refractivity contribution in [1.82, 2.24) is 9.47 Å². The lowest BCUT2D eigenvalue weighted by Gasteiger charge is -2.31. The van der Waals surface area contributed by atoms with Gasteiger partial charge in [0.15, 0.2) is 16.3 Å². The molecule has 11 heteroatoms. The lowest BCUT2D eigenvalue weighted by Crippen LogP contribution is -2.52. The molecule has 2 amide bonds. The lowest BCUT2D eigenvalue weighted by molar-refractivity contribution is -0.391. The largest absolute Gasteiger partial charge is 0.507 e. The molecule has 4 rings (SSSR count). The first-order chi connectivity index (χ1) is 15.6. The smallest absolute Gasteiger partial charge is 0.421 e. The zero-order valence-corrected chi connectivity index (χ0v) is 18.4. The third-order valence-electron chi connectivity index (χ3n) is 4.85. The third kappa shape index (κ3) is 4.58. The number of carbonyl (C=O) groups is 1. The molecular formula is C22H19F4N3O3S. The van der Waals surface area contributed by atoms with E-state index in [-0.39, 0.29) is 4.80 Å². The SMILES string of the molecule is CCN(Cc1ccccc1)C(=O)N=c1sc(C)cn1-c1ccc2c(c1)OC(F)(F)C(F)(F)O2. The fourth-order valence-corrected chi connectivity index (χ4v) is 4.02. The fourth-order valence-electron chi connectivity index (χ4n) is 3.19. The molecule has 2 heterocycles. The molecule has 0 bridgehead atoms. The Labute approximate surface area is 190 Å². The summed E-state index contributed by atoms with van der Waals surface area (Å²) in [4.78, 5) is 19.7. The van der Waals surface area contributed by atoms with E-state index in [1.807, 2.05) is 37.3 Å². The van der Waals surface area contributed by atoms with Crippen LogP contribution in [0.5, 0.6) is 11.5 Å². The molecule has 0 unspecified atom stereocenters. The van der Waals surface area contributed by atoms with Crippen molar-refractivity contribution in [2.75, 3.05) is 6.54 Å². The molecule has 0 saturated heterocycles. The van der Waals surface area contributed by atoms with Gasteiger partial charge in [-0.1, -0.05) is 30.3 Å². The Bertz CT molecular complexity index is 1240. The van der Waals surface area contributed by atoms with E-state index in [1.165, 1.54) is 22.0 Å². The minimum atomic E-state index is -4.82. The molecule has 0 fully saturated rings. The Kier molecular flexibility index (Phi) is 5.91. The summed E-state index contributed by atoms with van der Waals surface area (Å²) in [6.45, 7) is 4.42. The number of aromatic nitrogens is 1. The number of hydrogen-bond acceptors (Lipinski definition) is 4. The zero-order chi connectivity index (χ0) is 23.8. The third-order valence-corrected chi connectivity index (χ3v) is 5.75. The highest BCUT2D eigenvalue weighted by atomic mass is 32.1. The van der Waals surface area contributed by atoms with E-state index in [0.29, 0.717) is 18.8 Å². The molecule has 6 nitrogen and oxygen atoms in total. The number of carbonyl (C=O) groups excluding carboxylic acids is 1. The molecular weight excluding hydrogens is 462 g/mol. The van der Waals surface area contributed by atoms with Gasteiger partial charge < -0.3 is 14.4 Å². The Morgan fingerprint density at radius 1 is 1.06 bits per heavy atom. The topological polar surface area (TPSA) is 56.1 Å². The Morgan fingerprint density at radius 3 is 2.39 bits per heavy atom. The summed E-state index contributed by atoms with van der Waals surface area (Å²) in [6, 6.07) is 12.6. The van der Waals surface area contributed by atoms with Crippen molar-refractivity contribution in [1.29, 1.82) is 0 Å². The first-order valence-electron chi connectivity index (χ1n) is 9.94. The number of ether oxygens (including phenoxy) is 2. The van der Waals surface area contributed by atoms with Crippen LogP contribution >= 0.6 is 11.3 Å². The molecule has 1 aliphatic heterocycles. The Morgan fingerprint density at radius 2 is 1.73 bits per heavy atom. The second kappa shape index (κ2) is 8.54. The van der Waals surface area contributed by atoms with Gasteiger partial charge in [0.2, 0.25) is 0 Å². The Balaban J connectivity index is 1.67. The van der Waals surface area contributed by atoms with E-state index in [0.717, 1.165) is 22.6 Å². The number of urea groups is 1. The van der Waals surface area contributed by atoms with E-state index in [4.69, 9.17) is 0 Å². The van der Waals surface area contributed by atoms with Gasteiger partial charge in [-0.15, -0.1) is 11.3 Å². The average molecular weight is 481 g/mol. The summed E-state index contributed by atoms with van der Waals surface area (Å²) in [7, 11) is 0. The van der Waals surface area contributed by atoms with Gasteiger partial charge in [-0.2, -0.15) is 22.6 Å². The number of halogens is 4. The molecule has 0 saturated carbocycles. The molecule has 174 valence electrons. The van der Waals surface area contributed by atoms with Gasteiger partial charge in [0, 0.05) is 30.2 Å². The quantitative estimate of drug-likeness (QED) is 0.473. The van der Waals surface area contributed by atoms with Crippen LogP contribution < -0.4 is 14.3 Å². The van der Waals surface area contributed by atoms with E-state index in [1.54, 1.807) is 18.0 Å². The maximum atomic E-state index is 13.6. The monoisotopic (exact) mass is 481 g/mol. The molecule has 2 aromatic carbocycles. The van der Waals surface area contributed by atoms with Crippen LogP contribution in [0.2, 0.25) is 0 Å². The second-order valence-electron chi connectivity index (χ2n) is 7.26. The van der Waals surface area contributed by atoms with Crippen molar-refractivity contribution in [3.8, 4) is 17.2 Å². The normalized spacial score (nSPS) is 16.5. The van der Waals surface area contributed by atoms with Gasteiger partial charge >= 0.3 is 18.2 Å². The van der Waals surface area contributed by atoms with Gasteiger partial charge in [0.25, 0.3) is 0 Å². The van der Waals surface area contributed by atoms with Gasteiger partial charge in [-0.25, -0.2) is 4.79 Å². The van der Waals surface area contributed by atoms with Gasteiger partial charge in [-0.3, -0.25) is 4.57 Å². The van der Waals surface area contributed by atoms with Crippen molar-refractivity contribution in [2.24, 2.45) is 4.99 Å². The Hall–Kier alpha value is -3.34. The summed E-state index contributed by atoms with van der Waals surface area (Å²) in [5, 5.41) is 0. The molecule has 0 N–H and O–H groups in total. The summed E-state index contributed by atoms with van der Waals surface area (Å²) >= 11 is 1.22. The molecule has 3 aromatic rings. The number of thiazole rings is 1. The number of nitrogens with zero attached hydrogens (tertiary/aromatic N) is 3. The molecule has 1 aliphatic rings. The number of benzene rings is 2. The molecule has 33 heavy (non-hydrogen) atoms. The zero-order valence-electron chi connectivity index (χ0n) is 17.6. The van der Waals surface area contributed by atoms with E-state index < -0.39 is 29.7 Å². The van der Waals surface area contributed by atoms with Crippen LogP contribution in [0.25, 0.3) is 5.69 Å². The van der Waals surface area contributed by atoms with Crippen molar-refractivity contribution in [3.05, 3.63) is 70.0 Å². The van der Waals surface area contributed by atoms with Gasteiger partial charge in [-0.05, 0) is 31.5 Å². The number of rotatable bonds is 4. The average Bonchev–Trinajstić information content (AvgIpc) is 3.12. The highest BCUT2D eigenvalue weighted by Gasteiger charge is 2.65. The number of hydrogen-bond donors (Lipinski definition) is 0. The summed E-state index contributed by atoms with van der Waals surface area (Å²) in [5.74, 6) is -1.06. The number of fused-ring (bicyclic) bond motifs is 1. The number of aryl methyl sites for hydroxylation is 1. The highest BCUT2D eigenvalue weighted by molar-refractivity contribution is 7.09. The van der Waals surface area contributed by atoms with Crippen molar-refractivity contribution < 1.29 is 31.8 Å². The second-order valence-corrected chi connectivity index (χ2v) is 8.47. The number of alkyl halides is 4. The predicted molar refractivity (Wildman–Crippen MR) is 113 cm³/mol. The van der Waals surface area contributed by atoms with Crippen LogP contribution in [0, 0.1) is 6.92 Å². The molecule has 0 radical (unpaired) electrons. The van der Waals surface area contributed by atoms with E-state index >= 15 is 0 Å².